The summed E-state index contributed by atoms with van der Waals surface area (Å²) in [6.45, 7) is 4.86. The zero-order valence-electron chi connectivity index (χ0n) is 17.2. The van der Waals surface area contributed by atoms with Gasteiger partial charge in [-0.25, -0.2) is 5.43 Å². The molecule has 3 aromatic rings. The molecule has 0 bridgehead atoms. The van der Waals surface area contributed by atoms with Gasteiger partial charge >= 0.3 is 0 Å². The van der Waals surface area contributed by atoms with E-state index in [9.17, 15) is 4.79 Å². The molecule has 0 fully saturated rings. The van der Waals surface area contributed by atoms with Gasteiger partial charge in [0, 0.05) is 10.6 Å². The molecule has 3 rings (SSSR count). The van der Waals surface area contributed by atoms with Gasteiger partial charge < -0.3 is 9.47 Å². The Balaban J connectivity index is 1.72. The van der Waals surface area contributed by atoms with Crippen LogP contribution in [-0.4, -0.2) is 18.7 Å². The molecule has 0 radical (unpaired) electrons. The molecule has 0 aliphatic carbocycles. The largest absolute Gasteiger partial charge is 0.490 e. The van der Waals surface area contributed by atoms with Crippen molar-refractivity contribution in [1.29, 1.82) is 0 Å². The van der Waals surface area contributed by atoms with Crippen LogP contribution >= 0.6 is 27.5 Å². The van der Waals surface area contributed by atoms with Gasteiger partial charge in [-0.2, -0.15) is 5.10 Å². The van der Waals surface area contributed by atoms with Crippen LogP contribution in [0.25, 0.3) is 0 Å². The highest BCUT2D eigenvalue weighted by atomic mass is 79.9. The number of nitrogens with one attached hydrogen (secondary N) is 1. The van der Waals surface area contributed by atoms with Crippen LogP contribution in [0.1, 0.15) is 34.0 Å². The molecule has 0 aromatic heterocycles. The Morgan fingerprint density at radius 2 is 1.90 bits per heavy atom. The van der Waals surface area contributed by atoms with Crippen LogP contribution in [0.15, 0.2) is 70.2 Å². The minimum absolute atomic E-state index is 0.324. The van der Waals surface area contributed by atoms with Crippen molar-refractivity contribution in [2.45, 2.75) is 20.5 Å². The number of amides is 1. The van der Waals surface area contributed by atoms with Gasteiger partial charge in [-0.15, -0.1) is 0 Å². The maximum Gasteiger partial charge on any atom is 0.271 e. The van der Waals surface area contributed by atoms with E-state index < -0.39 is 0 Å². The van der Waals surface area contributed by atoms with Crippen LogP contribution in [0, 0.1) is 6.92 Å². The number of halogens is 2. The summed E-state index contributed by atoms with van der Waals surface area (Å²) in [4.78, 5) is 12.2. The number of aryl methyl sites for hydroxylation is 1. The standard InChI is InChI=1S/C24H22BrClN2O3/c1-3-30-22-13-18(14-27-28-24(29)19-7-9-20(26)10-8-19)12-21(25)23(22)31-15-17-6-4-5-16(2)11-17/h4-14H,3,15H2,1-2H3,(H,28,29)/b27-14-. The molecule has 5 nitrogen and oxygen atoms in total. The average molecular weight is 502 g/mol. The lowest BCUT2D eigenvalue weighted by Gasteiger charge is -2.15. The van der Waals surface area contributed by atoms with Crippen LogP contribution in [0.4, 0.5) is 0 Å². The van der Waals surface area contributed by atoms with Gasteiger partial charge in [-0.05, 0) is 77.3 Å². The summed E-state index contributed by atoms with van der Waals surface area (Å²) in [6.07, 6.45) is 1.55. The summed E-state index contributed by atoms with van der Waals surface area (Å²) in [5.74, 6) is 0.885. The zero-order valence-corrected chi connectivity index (χ0v) is 19.5. The molecule has 0 heterocycles. The van der Waals surface area contributed by atoms with Crippen molar-refractivity contribution in [1.82, 2.24) is 5.43 Å². The minimum atomic E-state index is -0.324. The quantitative estimate of drug-likeness (QED) is 0.297. The predicted molar refractivity (Wildman–Crippen MR) is 127 cm³/mol. The molecule has 160 valence electrons. The molecular weight excluding hydrogens is 480 g/mol. The number of hydrogen-bond donors (Lipinski definition) is 1. The van der Waals surface area contributed by atoms with Gasteiger partial charge in [-0.1, -0.05) is 41.4 Å². The third-order valence-corrected chi connectivity index (χ3v) is 5.12. The number of carbonyl (C=O) groups is 1. The van der Waals surface area contributed by atoms with Crippen LogP contribution in [0.3, 0.4) is 0 Å². The number of carbonyl (C=O) groups excluding carboxylic acids is 1. The van der Waals surface area contributed by atoms with Crippen LogP contribution in [0.2, 0.25) is 5.02 Å². The number of rotatable bonds is 8. The Bertz CT molecular complexity index is 1080. The summed E-state index contributed by atoms with van der Waals surface area (Å²) >= 11 is 9.40. The zero-order chi connectivity index (χ0) is 22.2. The van der Waals surface area contributed by atoms with Gasteiger partial charge in [0.15, 0.2) is 11.5 Å². The summed E-state index contributed by atoms with van der Waals surface area (Å²) < 4.78 is 12.5. The maximum atomic E-state index is 12.2. The van der Waals surface area contributed by atoms with Crippen molar-refractivity contribution in [3.63, 3.8) is 0 Å². The fourth-order valence-electron chi connectivity index (χ4n) is 2.85. The molecule has 0 unspecified atom stereocenters. The third-order valence-electron chi connectivity index (χ3n) is 4.28. The highest BCUT2D eigenvalue weighted by Gasteiger charge is 2.12. The molecule has 31 heavy (non-hydrogen) atoms. The van der Waals surface area contributed by atoms with E-state index in [1.807, 2.05) is 44.2 Å². The Morgan fingerprint density at radius 1 is 1.13 bits per heavy atom. The molecule has 3 aromatic carbocycles. The normalized spacial score (nSPS) is 10.8. The summed E-state index contributed by atoms with van der Waals surface area (Å²) in [6, 6.07) is 18.4. The van der Waals surface area contributed by atoms with Crippen LogP contribution in [0.5, 0.6) is 11.5 Å². The van der Waals surface area contributed by atoms with E-state index in [1.54, 1.807) is 30.5 Å². The molecule has 0 saturated carbocycles. The number of ether oxygens (including phenoxy) is 2. The Hall–Kier alpha value is -2.83. The van der Waals surface area contributed by atoms with Crippen LogP contribution < -0.4 is 14.9 Å². The molecule has 0 aliphatic rings. The first-order chi connectivity index (χ1) is 15.0. The Labute approximate surface area is 195 Å². The van der Waals surface area contributed by atoms with Gasteiger partial charge in [0.2, 0.25) is 0 Å². The summed E-state index contributed by atoms with van der Waals surface area (Å²) in [7, 11) is 0. The highest BCUT2D eigenvalue weighted by Crippen LogP contribution is 2.37. The van der Waals surface area contributed by atoms with E-state index >= 15 is 0 Å². The molecule has 0 atom stereocenters. The number of benzene rings is 3. The molecular formula is C24H22BrClN2O3. The summed E-state index contributed by atoms with van der Waals surface area (Å²) in [5.41, 5.74) is 5.97. The third kappa shape index (κ3) is 6.57. The van der Waals surface area contributed by atoms with Crippen molar-refractivity contribution in [2.75, 3.05) is 6.61 Å². The lowest BCUT2D eigenvalue weighted by atomic mass is 10.1. The first kappa shape index (κ1) is 22.8. The van der Waals surface area contributed by atoms with E-state index in [2.05, 4.69) is 32.5 Å². The highest BCUT2D eigenvalue weighted by molar-refractivity contribution is 9.10. The Kier molecular flexibility index (Phi) is 8.09. The average Bonchev–Trinajstić information content (AvgIpc) is 2.74. The number of nitrogens with zero attached hydrogens (tertiary/aromatic N) is 1. The fourth-order valence-corrected chi connectivity index (χ4v) is 3.55. The molecule has 0 spiro atoms. The van der Waals surface area contributed by atoms with Gasteiger partial charge in [0.1, 0.15) is 6.61 Å². The van der Waals surface area contributed by atoms with E-state index in [0.717, 1.165) is 15.6 Å². The van der Waals surface area contributed by atoms with Gasteiger partial charge in [0.25, 0.3) is 5.91 Å². The summed E-state index contributed by atoms with van der Waals surface area (Å²) in [5, 5.41) is 4.61. The molecule has 0 saturated heterocycles. The molecule has 7 heteroatoms. The van der Waals surface area contributed by atoms with E-state index in [4.69, 9.17) is 21.1 Å². The monoisotopic (exact) mass is 500 g/mol. The van der Waals surface area contributed by atoms with E-state index in [1.165, 1.54) is 5.56 Å². The second-order valence-electron chi connectivity index (χ2n) is 6.75. The lowest BCUT2D eigenvalue weighted by Crippen LogP contribution is -2.17. The lowest BCUT2D eigenvalue weighted by molar-refractivity contribution is 0.0955. The first-order valence-corrected chi connectivity index (χ1v) is 10.9. The van der Waals surface area contributed by atoms with Crippen molar-refractivity contribution >= 4 is 39.7 Å². The SMILES string of the molecule is CCOc1cc(/C=N\NC(=O)c2ccc(Cl)cc2)cc(Br)c1OCc1cccc(C)c1. The molecule has 1 N–H and O–H groups in total. The predicted octanol–water partition coefficient (Wildman–Crippen LogP) is 6.15. The van der Waals surface area contributed by atoms with Crippen molar-refractivity contribution in [2.24, 2.45) is 5.10 Å². The molecule has 1 amide bonds. The van der Waals surface area contributed by atoms with Gasteiger partial charge in [-0.3, -0.25) is 4.79 Å². The second-order valence-corrected chi connectivity index (χ2v) is 8.04. The minimum Gasteiger partial charge on any atom is -0.490 e. The van der Waals surface area contributed by atoms with Crippen molar-refractivity contribution in [3.05, 3.63) is 92.4 Å². The fraction of sp³-hybridized carbons (Fsp3) is 0.167. The second kappa shape index (κ2) is 11.0. The first-order valence-electron chi connectivity index (χ1n) is 9.70. The maximum absolute atomic E-state index is 12.2. The van der Waals surface area contributed by atoms with Gasteiger partial charge in [0.05, 0.1) is 17.3 Å². The van der Waals surface area contributed by atoms with E-state index in [-0.39, 0.29) is 5.91 Å². The Morgan fingerprint density at radius 3 is 2.61 bits per heavy atom. The van der Waals surface area contributed by atoms with E-state index in [0.29, 0.717) is 35.3 Å². The number of hydrazone groups is 1. The molecule has 0 aliphatic heterocycles. The number of hydrogen-bond acceptors (Lipinski definition) is 4. The van der Waals surface area contributed by atoms with Crippen molar-refractivity contribution in [3.8, 4) is 11.5 Å². The smallest absolute Gasteiger partial charge is 0.271 e. The van der Waals surface area contributed by atoms with Crippen molar-refractivity contribution < 1.29 is 14.3 Å². The topological polar surface area (TPSA) is 59.9 Å². The van der Waals surface area contributed by atoms with Crippen LogP contribution in [-0.2, 0) is 6.61 Å².